The molecule has 10 nitrogen and oxygen atoms in total. The summed E-state index contributed by atoms with van der Waals surface area (Å²) in [6.45, 7) is 6.34. The van der Waals surface area contributed by atoms with Gasteiger partial charge in [-0.1, -0.05) is 55.4 Å². The van der Waals surface area contributed by atoms with E-state index < -0.39 is 12.1 Å². The Balaban J connectivity index is 1.49. The van der Waals surface area contributed by atoms with Crippen LogP contribution >= 0.6 is 0 Å². The van der Waals surface area contributed by atoms with Gasteiger partial charge in [0.15, 0.2) is 5.82 Å². The quantitative estimate of drug-likeness (QED) is 0.262. The fraction of sp³-hybridized carbons (Fsp3) is 0.344. The largest absolute Gasteiger partial charge is 0.389 e. The lowest BCUT2D eigenvalue weighted by Gasteiger charge is -2.29. The minimum absolute atomic E-state index is 0.168. The molecule has 2 N–H and O–H groups in total. The number of rotatable bonds is 12. The topological polar surface area (TPSA) is 125 Å². The molecule has 0 saturated carbocycles. The Bertz CT molecular complexity index is 1490. The van der Waals surface area contributed by atoms with E-state index in [1.807, 2.05) is 48.5 Å². The molecule has 0 fully saturated rings. The van der Waals surface area contributed by atoms with Crippen molar-refractivity contribution in [3.05, 3.63) is 107 Å². The predicted octanol–water partition coefficient (Wildman–Crippen LogP) is 4.01. The Morgan fingerprint density at radius 1 is 1.00 bits per heavy atom. The van der Waals surface area contributed by atoms with Crippen molar-refractivity contribution in [2.45, 2.75) is 51.8 Å². The van der Waals surface area contributed by atoms with Crippen LogP contribution in [0.1, 0.15) is 63.3 Å². The maximum absolute atomic E-state index is 13.5. The van der Waals surface area contributed by atoms with E-state index in [-0.39, 0.29) is 24.9 Å². The zero-order valence-corrected chi connectivity index (χ0v) is 24.7. The minimum Gasteiger partial charge on any atom is -0.389 e. The van der Waals surface area contributed by atoms with E-state index in [1.54, 1.807) is 44.4 Å². The zero-order valence-electron chi connectivity index (χ0n) is 24.7. The van der Waals surface area contributed by atoms with Crippen molar-refractivity contribution in [3.63, 3.8) is 0 Å². The van der Waals surface area contributed by atoms with E-state index in [0.29, 0.717) is 35.2 Å². The molecular weight excluding hydrogens is 532 g/mol. The van der Waals surface area contributed by atoms with Crippen molar-refractivity contribution in [1.82, 2.24) is 25.3 Å². The average molecular weight is 571 g/mol. The van der Waals surface area contributed by atoms with Gasteiger partial charge in [-0.15, -0.1) is 0 Å². The number of pyridine rings is 1. The second kappa shape index (κ2) is 13.9. The monoisotopic (exact) mass is 570 g/mol. The highest BCUT2D eigenvalue weighted by Gasteiger charge is 2.25. The first-order valence-electron chi connectivity index (χ1n) is 13.9. The lowest BCUT2D eigenvalue weighted by molar-refractivity contribution is 0.0780. The highest BCUT2D eigenvalue weighted by molar-refractivity contribution is 5.99. The molecule has 0 radical (unpaired) electrons. The molecule has 4 aromatic rings. The Kier molecular flexibility index (Phi) is 10.0. The smallest absolute Gasteiger partial charge is 0.254 e. The standard InChI is InChI=1S/C32H38N6O4/c1-21(2)26-16-27(18-33-17-26)37(4)19-29(39)28(14-23-10-7-6-8-11-23)35-31(40)24-12-9-13-25(15-24)32(41)38(5)20-30-34-22(3)42-36-30/h6-13,15-18,21,28-29,39H,14,19-20H2,1-5H3,(H,35,40)/t28-,29+/m0/s1. The summed E-state index contributed by atoms with van der Waals surface area (Å²) in [7, 11) is 3.53. The molecule has 2 heterocycles. The Morgan fingerprint density at radius 3 is 2.43 bits per heavy atom. The minimum atomic E-state index is -0.892. The number of carbonyl (C=O) groups is 2. The first kappa shape index (κ1) is 30.4. The van der Waals surface area contributed by atoms with Gasteiger partial charge in [0, 0.05) is 44.9 Å². The second-order valence-corrected chi connectivity index (χ2v) is 10.8. The number of aliphatic hydroxyl groups excluding tert-OH is 1. The Morgan fingerprint density at radius 2 is 1.74 bits per heavy atom. The number of hydrogen-bond donors (Lipinski definition) is 2. The zero-order chi connectivity index (χ0) is 30.2. The van der Waals surface area contributed by atoms with Gasteiger partial charge in [-0.3, -0.25) is 14.6 Å². The van der Waals surface area contributed by atoms with Crippen LogP contribution < -0.4 is 10.2 Å². The third-order valence-electron chi connectivity index (χ3n) is 7.06. The molecule has 0 aliphatic carbocycles. The summed E-state index contributed by atoms with van der Waals surface area (Å²) >= 11 is 0. The normalized spacial score (nSPS) is 12.5. The maximum atomic E-state index is 13.5. The predicted molar refractivity (Wildman–Crippen MR) is 160 cm³/mol. The molecule has 0 saturated heterocycles. The van der Waals surface area contributed by atoms with Crippen molar-refractivity contribution in [3.8, 4) is 0 Å². The van der Waals surface area contributed by atoms with Gasteiger partial charge in [0.05, 0.1) is 30.6 Å². The van der Waals surface area contributed by atoms with E-state index in [4.69, 9.17) is 4.52 Å². The first-order valence-corrected chi connectivity index (χ1v) is 13.9. The van der Waals surface area contributed by atoms with Crippen LogP contribution in [0, 0.1) is 6.92 Å². The van der Waals surface area contributed by atoms with Gasteiger partial charge in [-0.2, -0.15) is 4.98 Å². The molecule has 2 aromatic heterocycles. The number of nitrogens with zero attached hydrogens (tertiary/aromatic N) is 5. The van der Waals surface area contributed by atoms with Gasteiger partial charge in [-0.25, -0.2) is 0 Å². The van der Waals surface area contributed by atoms with Gasteiger partial charge in [0.25, 0.3) is 11.8 Å². The Hall–Kier alpha value is -4.57. The second-order valence-electron chi connectivity index (χ2n) is 10.8. The van der Waals surface area contributed by atoms with E-state index >= 15 is 0 Å². The molecule has 0 aliphatic heterocycles. The third-order valence-corrected chi connectivity index (χ3v) is 7.06. The van der Waals surface area contributed by atoms with Gasteiger partial charge in [0.1, 0.15) is 0 Å². The van der Waals surface area contributed by atoms with E-state index in [2.05, 4.69) is 40.4 Å². The van der Waals surface area contributed by atoms with E-state index in [1.165, 1.54) is 4.90 Å². The lowest BCUT2D eigenvalue weighted by atomic mass is 9.99. The van der Waals surface area contributed by atoms with Gasteiger partial charge in [0.2, 0.25) is 5.89 Å². The summed E-state index contributed by atoms with van der Waals surface area (Å²) in [6, 6.07) is 17.7. The highest BCUT2D eigenvalue weighted by Crippen LogP contribution is 2.20. The molecule has 2 aromatic carbocycles. The summed E-state index contributed by atoms with van der Waals surface area (Å²) in [5, 5.41) is 18.2. The van der Waals surface area contributed by atoms with Crippen LogP contribution in [0.2, 0.25) is 0 Å². The highest BCUT2D eigenvalue weighted by atomic mass is 16.5. The number of carbonyl (C=O) groups excluding carboxylic acids is 2. The molecule has 0 aliphatic rings. The molecule has 4 rings (SSSR count). The van der Waals surface area contributed by atoms with Crippen molar-refractivity contribution in [1.29, 1.82) is 0 Å². The molecular formula is C32H38N6O4. The number of hydrogen-bond acceptors (Lipinski definition) is 8. The maximum Gasteiger partial charge on any atom is 0.254 e. The number of benzene rings is 2. The van der Waals surface area contributed by atoms with Crippen LogP contribution in [0.4, 0.5) is 5.69 Å². The number of aromatic nitrogens is 3. The number of likely N-dealkylation sites (N-methyl/N-ethyl adjacent to an activating group) is 1. The third kappa shape index (κ3) is 8.01. The molecule has 42 heavy (non-hydrogen) atoms. The average Bonchev–Trinajstić information content (AvgIpc) is 3.40. The Labute approximate surface area is 246 Å². The molecule has 0 spiro atoms. The number of aryl methyl sites for hydroxylation is 1. The molecule has 0 unspecified atom stereocenters. The first-order chi connectivity index (χ1) is 20.1. The number of anilines is 1. The number of amides is 2. The molecule has 2 atom stereocenters. The molecule has 220 valence electrons. The summed E-state index contributed by atoms with van der Waals surface area (Å²) in [5.41, 5.74) is 3.64. The van der Waals surface area contributed by atoms with Crippen LogP contribution in [-0.4, -0.2) is 69.7 Å². The summed E-state index contributed by atoms with van der Waals surface area (Å²) < 4.78 is 4.99. The van der Waals surface area contributed by atoms with Crippen molar-refractivity contribution in [2.24, 2.45) is 0 Å². The SMILES string of the molecule is Cc1nc(CN(C)C(=O)c2cccc(C(=O)N[C@@H](Cc3ccccc3)[C@H](O)CN(C)c3cncc(C(C)C)c3)c2)no1. The molecule has 0 bridgehead atoms. The van der Waals surface area contributed by atoms with E-state index in [0.717, 1.165) is 16.8 Å². The number of nitrogens with one attached hydrogen (secondary N) is 1. The van der Waals surface area contributed by atoms with Crippen LogP contribution in [-0.2, 0) is 13.0 Å². The van der Waals surface area contributed by atoms with Crippen molar-refractivity contribution >= 4 is 17.5 Å². The summed E-state index contributed by atoms with van der Waals surface area (Å²) in [5.74, 6) is 0.473. The van der Waals surface area contributed by atoms with Crippen LogP contribution in [0.15, 0.2) is 77.6 Å². The lowest BCUT2D eigenvalue weighted by Crippen LogP contribution is -2.49. The summed E-state index contributed by atoms with van der Waals surface area (Å²) in [4.78, 5) is 38.4. The van der Waals surface area contributed by atoms with E-state index in [9.17, 15) is 14.7 Å². The fourth-order valence-electron chi connectivity index (χ4n) is 4.59. The molecule has 2 amide bonds. The van der Waals surface area contributed by atoms with Crippen LogP contribution in [0.3, 0.4) is 0 Å². The van der Waals surface area contributed by atoms with Crippen LogP contribution in [0.5, 0.6) is 0 Å². The van der Waals surface area contributed by atoms with Gasteiger partial charge in [-0.05, 0) is 47.7 Å². The van der Waals surface area contributed by atoms with Gasteiger partial charge >= 0.3 is 0 Å². The van der Waals surface area contributed by atoms with Crippen molar-refractivity contribution in [2.75, 3.05) is 25.5 Å². The molecule has 10 heteroatoms. The van der Waals surface area contributed by atoms with Crippen LogP contribution in [0.25, 0.3) is 0 Å². The van der Waals surface area contributed by atoms with Gasteiger partial charge < -0.3 is 24.7 Å². The van der Waals surface area contributed by atoms with Crippen molar-refractivity contribution < 1.29 is 19.2 Å². The number of aliphatic hydroxyl groups is 1. The summed E-state index contributed by atoms with van der Waals surface area (Å²) in [6.07, 6.45) is 3.15. The fourth-order valence-corrected chi connectivity index (χ4v) is 4.59.